The van der Waals surface area contributed by atoms with E-state index in [1.54, 1.807) is 11.3 Å². The Morgan fingerprint density at radius 1 is 1.12 bits per heavy atom. The number of carbonyl (C=O) groups is 1. The Kier molecular flexibility index (Phi) is 4.39. The second-order valence-electron chi connectivity index (χ2n) is 6.25. The van der Waals surface area contributed by atoms with Crippen LogP contribution in [0, 0.1) is 5.92 Å². The summed E-state index contributed by atoms with van der Waals surface area (Å²) in [5, 5.41) is 12.7. The predicted molar refractivity (Wildman–Crippen MR) is 99.9 cm³/mol. The maximum atomic E-state index is 11.2. The number of hydrogen-bond acceptors (Lipinski definition) is 4. The zero-order valence-electron chi connectivity index (χ0n) is 13.2. The molecule has 5 heteroatoms. The molecular formula is C19H19NO2S2. The van der Waals surface area contributed by atoms with Crippen molar-refractivity contribution in [2.24, 2.45) is 5.92 Å². The number of hydrogen-bond donors (Lipinski definition) is 1. The number of carboxylic acids is 1. The van der Waals surface area contributed by atoms with E-state index in [9.17, 15) is 9.90 Å². The summed E-state index contributed by atoms with van der Waals surface area (Å²) in [7, 11) is 0. The lowest BCUT2D eigenvalue weighted by Crippen LogP contribution is -2.38. The maximum absolute atomic E-state index is 11.2. The molecule has 1 aliphatic heterocycles. The fourth-order valence-electron chi connectivity index (χ4n) is 3.49. The van der Waals surface area contributed by atoms with E-state index >= 15 is 0 Å². The van der Waals surface area contributed by atoms with E-state index < -0.39 is 5.97 Å². The van der Waals surface area contributed by atoms with E-state index in [4.69, 9.17) is 0 Å². The lowest BCUT2D eigenvalue weighted by atomic mass is 9.95. The molecule has 1 N–H and O–H groups in total. The number of rotatable bonds is 4. The van der Waals surface area contributed by atoms with Crippen molar-refractivity contribution in [1.82, 2.24) is 4.90 Å². The lowest BCUT2D eigenvalue weighted by Gasteiger charge is -2.35. The minimum Gasteiger partial charge on any atom is -0.481 e. The van der Waals surface area contributed by atoms with Gasteiger partial charge in [-0.05, 0) is 54.9 Å². The van der Waals surface area contributed by atoms with E-state index in [1.165, 1.54) is 19.8 Å². The van der Waals surface area contributed by atoms with Crippen LogP contribution in [0.5, 0.6) is 0 Å². The third kappa shape index (κ3) is 2.99. The van der Waals surface area contributed by atoms with Crippen molar-refractivity contribution in [2.75, 3.05) is 13.1 Å². The van der Waals surface area contributed by atoms with E-state index in [2.05, 4.69) is 52.7 Å². The van der Waals surface area contributed by atoms with Crippen LogP contribution in [0.15, 0.2) is 47.8 Å². The number of piperidine rings is 1. The molecule has 3 aromatic rings. The number of benzene rings is 1. The third-order valence-electron chi connectivity index (χ3n) is 4.77. The van der Waals surface area contributed by atoms with Gasteiger partial charge in [0.15, 0.2) is 0 Å². The van der Waals surface area contributed by atoms with Crippen molar-refractivity contribution in [3.8, 4) is 0 Å². The average molecular weight is 358 g/mol. The quantitative estimate of drug-likeness (QED) is 0.726. The number of likely N-dealkylation sites (tertiary alicyclic amines) is 1. The molecular weight excluding hydrogens is 338 g/mol. The van der Waals surface area contributed by atoms with Gasteiger partial charge < -0.3 is 5.11 Å². The van der Waals surface area contributed by atoms with Crippen molar-refractivity contribution in [2.45, 2.75) is 18.9 Å². The van der Waals surface area contributed by atoms with Gasteiger partial charge >= 0.3 is 5.97 Å². The molecule has 1 saturated heterocycles. The fraction of sp³-hybridized carbons (Fsp3) is 0.316. The van der Waals surface area contributed by atoms with E-state index in [0.29, 0.717) is 0 Å². The minimum absolute atomic E-state index is 0.187. The number of carboxylic acid groups (broad SMARTS) is 1. The molecule has 1 atom stereocenters. The Hall–Kier alpha value is -1.69. The van der Waals surface area contributed by atoms with E-state index in [-0.39, 0.29) is 12.0 Å². The van der Waals surface area contributed by atoms with Crippen molar-refractivity contribution in [3.63, 3.8) is 0 Å². The summed E-state index contributed by atoms with van der Waals surface area (Å²) >= 11 is 3.64. The summed E-state index contributed by atoms with van der Waals surface area (Å²) in [6.45, 7) is 1.68. The van der Waals surface area contributed by atoms with Crippen LogP contribution >= 0.6 is 22.7 Å². The molecule has 0 aliphatic carbocycles. The Labute approximate surface area is 149 Å². The molecule has 3 nitrogen and oxygen atoms in total. The van der Waals surface area contributed by atoms with Crippen LogP contribution in [-0.2, 0) is 4.79 Å². The summed E-state index contributed by atoms with van der Waals surface area (Å²) < 4.78 is 1.31. The highest BCUT2D eigenvalue weighted by atomic mass is 32.1. The molecule has 1 aliphatic rings. The molecule has 124 valence electrons. The van der Waals surface area contributed by atoms with Crippen molar-refractivity contribution < 1.29 is 9.90 Å². The number of aliphatic carboxylic acids is 1. The Morgan fingerprint density at radius 2 is 1.92 bits per heavy atom. The molecule has 1 aromatic carbocycles. The zero-order valence-corrected chi connectivity index (χ0v) is 14.9. The molecule has 0 amide bonds. The lowest BCUT2D eigenvalue weighted by molar-refractivity contribution is -0.143. The second kappa shape index (κ2) is 6.67. The molecule has 4 rings (SSSR count). The first-order valence-electron chi connectivity index (χ1n) is 8.21. The van der Waals surface area contributed by atoms with Crippen LogP contribution in [0.25, 0.3) is 10.1 Å². The van der Waals surface area contributed by atoms with Crippen molar-refractivity contribution in [3.05, 3.63) is 57.6 Å². The monoisotopic (exact) mass is 357 g/mol. The van der Waals surface area contributed by atoms with Crippen molar-refractivity contribution >= 4 is 38.7 Å². The molecule has 24 heavy (non-hydrogen) atoms. The van der Waals surface area contributed by atoms with Gasteiger partial charge in [-0.2, -0.15) is 0 Å². The van der Waals surface area contributed by atoms with Crippen LogP contribution < -0.4 is 0 Å². The third-order valence-corrected chi connectivity index (χ3v) is 6.86. The second-order valence-corrected chi connectivity index (χ2v) is 8.35. The van der Waals surface area contributed by atoms with Crippen LogP contribution in [-0.4, -0.2) is 29.1 Å². The zero-order chi connectivity index (χ0) is 16.5. The van der Waals surface area contributed by atoms with E-state index in [0.717, 1.165) is 25.9 Å². The van der Waals surface area contributed by atoms with Gasteiger partial charge in [0.1, 0.15) is 0 Å². The smallest absolute Gasteiger partial charge is 0.306 e. The molecule has 0 radical (unpaired) electrons. The maximum Gasteiger partial charge on any atom is 0.306 e. The largest absolute Gasteiger partial charge is 0.481 e. The Balaban J connectivity index is 1.67. The molecule has 3 heterocycles. The van der Waals surface area contributed by atoms with Crippen molar-refractivity contribution in [1.29, 1.82) is 0 Å². The van der Waals surface area contributed by atoms with Gasteiger partial charge in [-0.25, -0.2) is 0 Å². The summed E-state index contributed by atoms with van der Waals surface area (Å²) in [6, 6.07) is 15.3. The highest BCUT2D eigenvalue weighted by Gasteiger charge is 2.31. The SMILES string of the molecule is O=C(O)C1CCN(C(c2cccs2)c2cc3ccccc3s2)CC1. The Morgan fingerprint density at radius 3 is 2.58 bits per heavy atom. The molecule has 2 aromatic heterocycles. The molecule has 1 fully saturated rings. The summed E-state index contributed by atoms with van der Waals surface area (Å²) in [6.07, 6.45) is 1.48. The van der Waals surface area contributed by atoms with Gasteiger partial charge in [-0.3, -0.25) is 9.69 Å². The molecule has 0 bridgehead atoms. The summed E-state index contributed by atoms with van der Waals surface area (Å²) in [5.41, 5.74) is 0. The van der Waals surface area contributed by atoms with Crippen LogP contribution in [0.1, 0.15) is 28.6 Å². The van der Waals surface area contributed by atoms with Crippen LogP contribution in [0.2, 0.25) is 0 Å². The number of thiophene rings is 2. The first kappa shape index (κ1) is 15.8. The molecule has 1 unspecified atom stereocenters. The highest BCUT2D eigenvalue weighted by Crippen LogP contribution is 2.40. The number of nitrogens with zero attached hydrogens (tertiary/aromatic N) is 1. The van der Waals surface area contributed by atoms with Crippen LogP contribution in [0.4, 0.5) is 0 Å². The van der Waals surface area contributed by atoms with Crippen LogP contribution in [0.3, 0.4) is 0 Å². The first-order chi connectivity index (χ1) is 11.7. The normalized spacial score (nSPS) is 18.0. The number of fused-ring (bicyclic) bond motifs is 1. The predicted octanol–water partition coefficient (Wildman–Crippen LogP) is 4.85. The standard InChI is InChI=1S/C19H19NO2S2/c21-19(22)13-7-9-20(10-8-13)18(16-6-3-11-23-16)17-12-14-4-1-2-5-15(14)24-17/h1-6,11-13,18H,7-10H2,(H,21,22). The fourth-order valence-corrected chi connectivity index (χ4v) is 5.66. The van der Waals surface area contributed by atoms with Gasteiger partial charge in [0.25, 0.3) is 0 Å². The minimum atomic E-state index is -0.649. The molecule has 0 spiro atoms. The van der Waals surface area contributed by atoms with Gasteiger partial charge in [0.2, 0.25) is 0 Å². The van der Waals surface area contributed by atoms with E-state index in [1.807, 2.05) is 11.3 Å². The average Bonchev–Trinajstić information content (AvgIpc) is 3.25. The highest BCUT2D eigenvalue weighted by molar-refractivity contribution is 7.19. The Bertz CT molecular complexity index is 799. The van der Waals surface area contributed by atoms with Gasteiger partial charge in [-0.1, -0.05) is 24.3 Å². The topological polar surface area (TPSA) is 40.5 Å². The molecule has 0 saturated carbocycles. The van der Waals surface area contributed by atoms with Gasteiger partial charge in [0.05, 0.1) is 12.0 Å². The summed E-state index contributed by atoms with van der Waals surface area (Å²) in [5.74, 6) is -0.836. The summed E-state index contributed by atoms with van der Waals surface area (Å²) in [4.78, 5) is 16.4. The van der Waals surface area contributed by atoms with Gasteiger partial charge in [0, 0.05) is 14.5 Å². The van der Waals surface area contributed by atoms with Gasteiger partial charge in [-0.15, -0.1) is 22.7 Å². The first-order valence-corrected chi connectivity index (χ1v) is 9.91.